The molecule has 1 aromatic rings. The molecule has 1 saturated heterocycles. The quantitative estimate of drug-likeness (QED) is 0.356. The van der Waals surface area contributed by atoms with Gasteiger partial charge in [-0.3, -0.25) is 14.9 Å². The molecule has 2 fully saturated rings. The SMILES string of the molecule is O=C(NC(CSCC1CCCCC1)C(=O)NCCNCc1ccccc1)C1CSCN1. The molecular weight excluding hydrogens is 428 g/mol. The van der Waals surface area contributed by atoms with Crippen molar-refractivity contribution in [1.29, 1.82) is 0 Å². The zero-order valence-electron chi connectivity index (χ0n) is 18.2. The summed E-state index contributed by atoms with van der Waals surface area (Å²) in [5.41, 5.74) is 1.22. The van der Waals surface area contributed by atoms with Crippen molar-refractivity contribution in [2.24, 2.45) is 5.92 Å². The van der Waals surface area contributed by atoms with Crippen molar-refractivity contribution >= 4 is 35.3 Å². The summed E-state index contributed by atoms with van der Waals surface area (Å²) in [5, 5.41) is 12.5. The first-order valence-corrected chi connectivity index (χ1v) is 13.7. The number of carbonyl (C=O) groups excluding carboxylic acids is 2. The second-order valence-electron chi connectivity index (χ2n) is 8.33. The largest absolute Gasteiger partial charge is 0.353 e. The molecular formula is C23H36N4O2S2. The minimum atomic E-state index is -0.484. The lowest BCUT2D eigenvalue weighted by atomic mass is 9.91. The van der Waals surface area contributed by atoms with E-state index < -0.39 is 6.04 Å². The van der Waals surface area contributed by atoms with E-state index in [2.05, 4.69) is 33.4 Å². The Balaban J connectivity index is 1.40. The molecule has 4 N–H and O–H groups in total. The van der Waals surface area contributed by atoms with Crippen LogP contribution in [0.2, 0.25) is 0 Å². The first kappa shape index (κ1) is 24.4. The van der Waals surface area contributed by atoms with Crippen LogP contribution in [0.4, 0.5) is 0 Å². The van der Waals surface area contributed by atoms with Crippen LogP contribution in [-0.2, 0) is 16.1 Å². The molecule has 1 aliphatic heterocycles. The predicted molar refractivity (Wildman–Crippen MR) is 131 cm³/mol. The molecule has 0 aromatic heterocycles. The molecule has 2 atom stereocenters. The molecule has 1 saturated carbocycles. The van der Waals surface area contributed by atoms with Crippen LogP contribution in [0.25, 0.3) is 0 Å². The van der Waals surface area contributed by atoms with Gasteiger partial charge in [-0.15, -0.1) is 11.8 Å². The number of thioether (sulfide) groups is 2. The maximum atomic E-state index is 12.8. The summed E-state index contributed by atoms with van der Waals surface area (Å²) in [4.78, 5) is 25.4. The molecule has 0 spiro atoms. The Kier molecular flexibility index (Phi) is 11.1. The number of amides is 2. The van der Waals surface area contributed by atoms with Crippen LogP contribution in [-0.4, -0.2) is 60.1 Å². The van der Waals surface area contributed by atoms with Crippen molar-refractivity contribution < 1.29 is 9.59 Å². The van der Waals surface area contributed by atoms with Gasteiger partial charge in [0.05, 0.1) is 6.04 Å². The summed E-state index contributed by atoms with van der Waals surface area (Å²) in [6.45, 7) is 2.01. The second kappa shape index (κ2) is 14.0. The Morgan fingerprint density at radius 3 is 2.68 bits per heavy atom. The summed E-state index contributed by atoms with van der Waals surface area (Å²) >= 11 is 3.52. The smallest absolute Gasteiger partial charge is 0.243 e. The Morgan fingerprint density at radius 2 is 1.94 bits per heavy atom. The van der Waals surface area contributed by atoms with Gasteiger partial charge in [0, 0.05) is 37.0 Å². The maximum absolute atomic E-state index is 12.8. The van der Waals surface area contributed by atoms with Crippen LogP contribution in [0, 0.1) is 5.92 Å². The standard InChI is InChI=1S/C23H36N4O2S2/c28-22(25-12-11-24-13-18-7-3-1-4-8-18)21(27-23(29)20-15-31-17-26-20)16-30-14-19-9-5-2-6-10-19/h1,3-4,7-8,19-21,24,26H,2,5-6,9-17H2,(H,25,28)(H,27,29). The number of hydrogen-bond acceptors (Lipinski definition) is 6. The molecule has 0 radical (unpaired) electrons. The third-order valence-corrected chi connectivity index (χ3v) is 8.02. The highest BCUT2D eigenvalue weighted by Gasteiger charge is 2.28. The first-order chi connectivity index (χ1) is 15.2. The van der Waals surface area contributed by atoms with Crippen molar-refractivity contribution in [2.45, 2.75) is 50.7 Å². The van der Waals surface area contributed by atoms with Crippen molar-refractivity contribution in [1.82, 2.24) is 21.3 Å². The van der Waals surface area contributed by atoms with E-state index in [0.29, 0.717) is 18.8 Å². The molecule has 1 aliphatic carbocycles. The average Bonchev–Trinajstić information content (AvgIpc) is 3.35. The van der Waals surface area contributed by atoms with E-state index in [9.17, 15) is 9.59 Å². The monoisotopic (exact) mass is 464 g/mol. The highest BCUT2D eigenvalue weighted by molar-refractivity contribution is 7.99. The van der Waals surface area contributed by atoms with Gasteiger partial charge in [0.25, 0.3) is 0 Å². The number of hydrogen-bond donors (Lipinski definition) is 4. The average molecular weight is 465 g/mol. The first-order valence-electron chi connectivity index (χ1n) is 11.4. The normalized spacial score (nSPS) is 20.3. The maximum Gasteiger partial charge on any atom is 0.243 e. The van der Waals surface area contributed by atoms with Crippen LogP contribution in [0.5, 0.6) is 0 Å². The van der Waals surface area contributed by atoms with Gasteiger partial charge in [-0.25, -0.2) is 0 Å². The molecule has 2 unspecified atom stereocenters. The van der Waals surface area contributed by atoms with Gasteiger partial charge in [-0.2, -0.15) is 11.8 Å². The van der Waals surface area contributed by atoms with Gasteiger partial charge in [0.15, 0.2) is 0 Å². The minimum absolute atomic E-state index is 0.0642. The van der Waals surface area contributed by atoms with Crippen molar-refractivity contribution in [3.05, 3.63) is 35.9 Å². The molecule has 6 nitrogen and oxygen atoms in total. The Hall–Kier alpha value is -1.22. The van der Waals surface area contributed by atoms with Crippen LogP contribution in [0.3, 0.4) is 0 Å². The van der Waals surface area contributed by atoms with E-state index in [1.807, 2.05) is 18.2 Å². The predicted octanol–water partition coefficient (Wildman–Crippen LogP) is 2.35. The summed E-state index contributed by atoms with van der Waals surface area (Å²) < 4.78 is 0. The van der Waals surface area contributed by atoms with E-state index in [0.717, 1.165) is 29.8 Å². The Labute approximate surface area is 194 Å². The van der Waals surface area contributed by atoms with Gasteiger partial charge in [0.1, 0.15) is 6.04 Å². The highest BCUT2D eigenvalue weighted by atomic mass is 32.2. The zero-order chi connectivity index (χ0) is 21.7. The van der Waals surface area contributed by atoms with E-state index in [1.54, 1.807) is 23.5 Å². The number of carbonyl (C=O) groups is 2. The van der Waals surface area contributed by atoms with Crippen molar-refractivity contribution in [3.63, 3.8) is 0 Å². The lowest BCUT2D eigenvalue weighted by Gasteiger charge is -2.23. The third-order valence-electron chi connectivity index (χ3n) is 5.80. The van der Waals surface area contributed by atoms with Gasteiger partial charge >= 0.3 is 0 Å². The molecule has 2 amide bonds. The van der Waals surface area contributed by atoms with Gasteiger partial charge in [0.2, 0.25) is 11.8 Å². The third kappa shape index (κ3) is 9.04. The number of rotatable bonds is 12. The van der Waals surface area contributed by atoms with Gasteiger partial charge < -0.3 is 16.0 Å². The summed E-state index contributed by atoms with van der Waals surface area (Å²) in [7, 11) is 0. The molecule has 3 rings (SSSR count). The number of nitrogens with one attached hydrogen (secondary N) is 4. The summed E-state index contributed by atoms with van der Waals surface area (Å²) in [5.74, 6) is 3.87. The van der Waals surface area contributed by atoms with Crippen molar-refractivity contribution in [3.8, 4) is 0 Å². The topological polar surface area (TPSA) is 82.3 Å². The highest BCUT2D eigenvalue weighted by Crippen LogP contribution is 2.27. The fourth-order valence-electron chi connectivity index (χ4n) is 3.95. The summed E-state index contributed by atoms with van der Waals surface area (Å²) in [6.07, 6.45) is 6.60. The van der Waals surface area contributed by atoms with Crippen molar-refractivity contribution in [2.75, 3.05) is 36.2 Å². The Bertz CT molecular complexity index is 665. The molecule has 0 bridgehead atoms. The van der Waals surface area contributed by atoms with Crippen LogP contribution < -0.4 is 21.3 Å². The fourth-order valence-corrected chi connectivity index (χ4v) is 6.17. The zero-order valence-corrected chi connectivity index (χ0v) is 19.9. The van der Waals surface area contributed by atoms with Crippen LogP contribution in [0.1, 0.15) is 37.7 Å². The molecule has 1 aromatic carbocycles. The lowest BCUT2D eigenvalue weighted by molar-refractivity contribution is -0.129. The molecule has 1 heterocycles. The molecule has 2 aliphatic rings. The summed E-state index contributed by atoms with van der Waals surface area (Å²) in [6, 6.07) is 9.53. The van der Waals surface area contributed by atoms with E-state index >= 15 is 0 Å². The number of benzene rings is 1. The Morgan fingerprint density at radius 1 is 1.13 bits per heavy atom. The van der Waals surface area contributed by atoms with Crippen LogP contribution in [0.15, 0.2) is 30.3 Å². The second-order valence-corrected chi connectivity index (χ2v) is 10.4. The van der Waals surface area contributed by atoms with Gasteiger partial charge in [-0.05, 0) is 30.1 Å². The van der Waals surface area contributed by atoms with E-state index in [4.69, 9.17) is 0 Å². The van der Waals surface area contributed by atoms with E-state index in [1.165, 1.54) is 37.7 Å². The van der Waals surface area contributed by atoms with Crippen LogP contribution >= 0.6 is 23.5 Å². The van der Waals surface area contributed by atoms with E-state index in [-0.39, 0.29) is 17.9 Å². The fraction of sp³-hybridized carbons (Fsp3) is 0.652. The molecule has 8 heteroatoms. The van der Waals surface area contributed by atoms with Gasteiger partial charge in [-0.1, -0.05) is 49.6 Å². The lowest BCUT2D eigenvalue weighted by Crippen LogP contribution is -2.53. The molecule has 172 valence electrons. The molecule has 31 heavy (non-hydrogen) atoms. The minimum Gasteiger partial charge on any atom is -0.353 e.